The second-order valence-corrected chi connectivity index (χ2v) is 5.91. The van der Waals surface area contributed by atoms with Gasteiger partial charge in [-0.05, 0) is 61.7 Å². The summed E-state index contributed by atoms with van der Waals surface area (Å²) in [6.45, 7) is 5.82. The number of hydrogen-bond donors (Lipinski definition) is 2. The summed E-state index contributed by atoms with van der Waals surface area (Å²) >= 11 is 3.42. The molecule has 0 fully saturated rings. The molecule has 0 aliphatic rings. The highest BCUT2D eigenvalue weighted by Gasteiger charge is 2.11. The van der Waals surface area contributed by atoms with Crippen LogP contribution in [0.5, 0.6) is 0 Å². The third kappa shape index (κ3) is 3.20. The molecule has 0 bridgehead atoms. The molecule has 0 radical (unpaired) electrons. The number of anilines is 2. The zero-order valence-corrected chi connectivity index (χ0v) is 13.3. The Balaban J connectivity index is 2.30. The van der Waals surface area contributed by atoms with Crippen molar-refractivity contribution in [2.45, 2.75) is 20.8 Å². The van der Waals surface area contributed by atoms with Gasteiger partial charge in [0.1, 0.15) is 0 Å². The van der Waals surface area contributed by atoms with Gasteiger partial charge >= 0.3 is 0 Å². The van der Waals surface area contributed by atoms with Crippen LogP contribution in [0.1, 0.15) is 27.0 Å². The Kier molecular flexibility index (Phi) is 4.14. The maximum Gasteiger partial charge on any atom is 0.256 e. The molecule has 0 aromatic heterocycles. The molecule has 1 amide bonds. The number of carbonyl (C=O) groups excluding carboxylic acids is 1. The molecule has 2 aromatic carbocycles. The number of benzene rings is 2. The maximum atomic E-state index is 12.3. The number of halogens is 1. The predicted molar refractivity (Wildman–Crippen MR) is 87.2 cm³/mol. The molecule has 2 aromatic rings. The molecule has 3 N–H and O–H groups in total. The average molecular weight is 333 g/mol. The zero-order chi connectivity index (χ0) is 14.9. The van der Waals surface area contributed by atoms with Gasteiger partial charge < -0.3 is 11.1 Å². The fraction of sp³-hybridized carbons (Fsp3) is 0.188. The molecular formula is C16H17BrN2O. The number of nitrogen functional groups attached to an aromatic ring is 1. The quantitative estimate of drug-likeness (QED) is 0.809. The van der Waals surface area contributed by atoms with Crippen LogP contribution in [0, 0.1) is 20.8 Å². The summed E-state index contributed by atoms with van der Waals surface area (Å²) in [4.78, 5) is 12.3. The van der Waals surface area contributed by atoms with Crippen LogP contribution in [0.2, 0.25) is 0 Å². The standard InChI is InChI=1S/C16H17BrN2O/c1-9-4-12(17)7-13(5-9)19-16(20)14-8-15(18)11(3)6-10(14)2/h4-8H,18H2,1-3H3,(H,19,20). The molecule has 0 spiro atoms. The lowest BCUT2D eigenvalue weighted by Crippen LogP contribution is -2.14. The summed E-state index contributed by atoms with van der Waals surface area (Å²) in [5.41, 5.74) is 10.9. The third-order valence-corrected chi connectivity index (χ3v) is 3.62. The summed E-state index contributed by atoms with van der Waals surface area (Å²) in [7, 11) is 0. The van der Waals surface area contributed by atoms with E-state index >= 15 is 0 Å². The van der Waals surface area contributed by atoms with Crippen LogP contribution in [-0.4, -0.2) is 5.91 Å². The van der Waals surface area contributed by atoms with Crippen molar-refractivity contribution in [3.63, 3.8) is 0 Å². The first-order valence-corrected chi connectivity index (χ1v) is 7.11. The molecule has 104 valence electrons. The van der Waals surface area contributed by atoms with Crippen LogP contribution in [0.3, 0.4) is 0 Å². The largest absolute Gasteiger partial charge is 0.398 e. The van der Waals surface area contributed by atoms with Crippen molar-refractivity contribution in [2.24, 2.45) is 0 Å². The third-order valence-electron chi connectivity index (χ3n) is 3.16. The van der Waals surface area contributed by atoms with Crippen molar-refractivity contribution in [1.82, 2.24) is 0 Å². The Morgan fingerprint density at radius 3 is 2.40 bits per heavy atom. The fourth-order valence-electron chi connectivity index (χ4n) is 2.12. The molecule has 0 saturated carbocycles. The van der Waals surface area contributed by atoms with Gasteiger partial charge in [-0.1, -0.05) is 22.0 Å². The maximum absolute atomic E-state index is 12.3. The van der Waals surface area contributed by atoms with E-state index in [1.807, 2.05) is 45.0 Å². The number of hydrogen-bond acceptors (Lipinski definition) is 2. The lowest BCUT2D eigenvalue weighted by atomic mass is 10.0. The van der Waals surface area contributed by atoms with E-state index < -0.39 is 0 Å². The summed E-state index contributed by atoms with van der Waals surface area (Å²) in [6, 6.07) is 9.44. The van der Waals surface area contributed by atoms with Crippen molar-refractivity contribution in [3.05, 3.63) is 57.1 Å². The van der Waals surface area contributed by atoms with Crippen molar-refractivity contribution >= 4 is 33.2 Å². The molecule has 20 heavy (non-hydrogen) atoms. The first-order valence-electron chi connectivity index (χ1n) is 6.32. The van der Waals surface area contributed by atoms with E-state index in [1.54, 1.807) is 6.07 Å². The molecule has 3 nitrogen and oxygen atoms in total. The average Bonchev–Trinajstić information content (AvgIpc) is 2.32. The summed E-state index contributed by atoms with van der Waals surface area (Å²) in [5.74, 6) is -0.147. The van der Waals surface area contributed by atoms with Crippen molar-refractivity contribution in [1.29, 1.82) is 0 Å². The van der Waals surface area contributed by atoms with Gasteiger partial charge in [0, 0.05) is 21.4 Å². The fourth-order valence-corrected chi connectivity index (χ4v) is 2.73. The Labute approximate surface area is 127 Å². The minimum atomic E-state index is -0.147. The normalized spacial score (nSPS) is 10.4. The molecule has 0 saturated heterocycles. The lowest BCUT2D eigenvalue weighted by molar-refractivity contribution is 0.102. The number of nitrogens with one attached hydrogen (secondary N) is 1. The minimum absolute atomic E-state index is 0.147. The van der Waals surface area contributed by atoms with Crippen LogP contribution in [0.4, 0.5) is 11.4 Å². The number of aryl methyl sites for hydroxylation is 3. The van der Waals surface area contributed by atoms with Gasteiger partial charge in [0.2, 0.25) is 0 Å². The first-order chi connectivity index (χ1) is 9.36. The lowest BCUT2D eigenvalue weighted by Gasteiger charge is -2.11. The van der Waals surface area contributed by atoms with Gasteiger partial charge in [-0.3, -0.25) is 4.79 Å². The van der Waals surface area contributed by atoms with Crippen LogP contribution in [0.15, 0.2) is 34.8 Å². The first kappa shape index (κ1) is 14.6. The smallest absolute Gasteiger partial charge is 0.256 e. The topological polar surface area (TPSA) is 55.1 Å². The van der Waals surface area contributed by atoms with Gasteiger partial charge in [0.05, 0.1) is 0 Å². The molecule has 0 aliphatic heterocycles. The second-order valence-electron chi connectivity index (χ2n) is 5.00. The highest BCUT2D eigenvalue weighted by atomic mass is 79.9. The summed E-state index contributed by atoms with van der Waals surface area (Å²) in [5, 5.41) is 2.90. The van der Waals surface area contributed by atoms with E-state index in [-0.39, 0.29) is 5.91 Å². The van der Waals surface area contributed by atoms with E-state index in [0.717, 1.165) is 26.9 Å². The van der Waals surface area contributed by atoms with Crippen LogP contribution >= 0.6 is 15.9 Å². The Morgan fingerprint density at radius 2 is 1.75 bits per heavy atom. The number of amides is 1. The Bertz CT molecular complexity index is 660. The van der Waals surface area contributed by atoms with E-state index in [9.17, 15) is 4.79 Å². The van der Waals surface area contributed by atoms with Crippen molar-refractivity contribution in [2.75, 3.05) is 11.1 Å². The van der Waals surface area contributed by atoms with Crippen LogP contribution in [-0.2, 0) is 0 Å². The van der Waals surface area contributed by atoms with Gasteiger partial charge in [0.25, 0.3) is 5.91 Å². The SMILES string of the molecule is Cc1cc(Br)cc(NC(=O)c2cc(N)c(C)cc2C)c1. The van der Waals surface area contributed by atoms with Gasteiger partial charge in [-0.25, -0.2) is 0 Å². The van der Waals surface area contributed by atoms with Gasteiger partial charge in [0.15, 0.2) is 0 Å². The van der Waals surface area contributed by atoms with E-state index in [1.165, 1.54) is 0 Å². The summed E-state index contributed by atoms with van der Waals surface area (Å²) in [6.07, 6.45) is 0. The molecular weight excluding hydrogens is 316 g/mol. The number of nitrogens with two attached hydrogens (primary N) is 1. The molecule has 0 unspecified atom stereocenters. The highest BCUT2D eigenvalue weighted by Crippen LogP contribution is 2.22. The molecule has 0 heterocycles. The number of rotatable bonds is 2. The molecule has 2 rings (SSSR count). The van der Waals surface area contributed by atoms with E-state index in [0.29, 0.717) is 11.3 Å². The van der Waals surface area contributed by atoms with Crippen molar-refractivity contribution in [3.8, 4) is 0 Å². The Morgan fingerprint density at radius 1 is 1.05 bits per heavy atom. The molecule has 0 aliphatic carbocycles. The second kappa shape index (κ2) is 5.67. The van der Waals surface area contributed by atoms with E-state index in [4.69, 9.17) is 5.73 Å². The van der Waals surface area contributed by atoms with Crippen LogP contribution in [0.25, 0.3) is 0 Å². The molecule has 4 heteroatoms. The van der Waals surface area contributed by atoms with E-state index in [2.05, 4.69) is 21.2 Å². The van der Waals surface area contributed by atoms with Crippen LogP contribution < -0.4 is 11.1 Å². The molecule has 0 atom stereocenters. The highest BCUT2D eigenvalue weighted by molar-refractivity contribution is 9.10. The summed E-state index contributed by atoms with van der Waals surface area (Å²) < 4.78 is 0.938. The Hall–Kier alpha value is -1.81. The van der Waals surface area contributed by atoms with Gasteiger partial charge in [-0.2, -0.15) is 0 Å². The number of carbonyl (C=O) groups is 1. The minimum Gasteiger partial charge on any atom is -0.398 e. The monoisotopic (exact) mass is 332 g/mol. The predicted octanol–water partition coefficient (Wildman–Crippen LogP) is 4.21. The van der Waals surface area contributed by atoms with Crippen molar-refractivity contribution < 1.29 is 4.79 Å². The van der Waals surface area contributed by atoms with Gasteiger partial charge in [-0.15, -0.1) is 0 Å². The zero-order valence-electron chi connectivity index (χ0n) is 11.8.